The van der Waals surface area contributed by atoms with Crippen LogP contribution in [0.3, 0.4) is 0 Å². The van der Waals surface area contributed by atoms with Crippen LogP contribution in [-0.2, 0) is 4.79 Å². The summed E-state index contributed by atoms with van der Waals surface area (Å²) in [4.78, 5) is 28.2. The number of carbonyl (C=O) groups is 1. The van der Waals surface area contributed by atoms with Gasteiger partial charge in [0, 0.05) is 23.1 Å². The monoisotopic (exact) mass is 272 g/mol. The Balaban J connectivity index is 2.53. The van der Waals surface area contributed by atoms with Gasteiger partial charge in [-0.25, -0.2) is 19.9 Å². The molecule has 0 aromatic carbocycles. The van der Waals surface area contributed by atoms with Gasteiger partial charge in [-0.2, -0.15) is 0 Å². The molecule has 1 atom stereocenters. The number of aliphatic carboxylic acids is 1. The van der Waals surface area contributed by atoms with Crippen LogP contribution in [0.1, 0.15) is 35.6 Å². The zero-order chi connectivity index (χ0) is 14.9. The second-order valence-corrected chi connectivity index (χ2v) is 4.68. The van der Waals surface area contributed by atoms with Crippen LogP contribution in [0.4, 0.5) is 0 Å². The minimum atomic E-state index is -0.884. The van der Waals surface area contributed by atoms with E-state index in [4.69, 9.17) is 5.11 Å². The van der Waals surface area contributed by atoms with Crippen LogP contribution in [0, 0.1) is 20.8 Å². The molecular weight excluding hydrogens is 256 g/mol. The maximum Gasteiger partial charge on any atom is 0.310 e. The highest BCUT2D eigenvalue weighted by atomic mass is 16.4. The Bertz CT molecular complexity index is 647. The van der Waals surface area contributed by atoms with Crippen molar-refractivity contribution < 1.29 is 9.90 Å². The van der Waals surface area contributed by atoms with Crippen LogP contribution in [-0.4, -0.2) is 31.0 Å². The van der Waals surface area contributed by atoms with Gasteiger partial charge in [0.15, 0.2) is 5.82 Å². The van der Waals surface area contributed by atoms with Crippen molar-refractivity contribution in [1.29, 1.82) is 0 Å². The maximum atomic E-state index is 11.1. The smallest absolute Gasteiger partial charge is 0.310 e. The Morgan fingerprint density at radius 2 is 1.75 bits per heavy atom. The summed E-state index contributed by atoms with van der Waals surface area (Å²) < 4.78 is 0. The van der Waals surface area contributed by atoms with E-state index in [2.05, 4.69) is 19.9 Å². The molecule has 2 rings (SSSR count). The second kappa shape index (κ2) is 5.32. The molecule has 0 radical (unpaired) electrons. The Morgan fingerprint density at radius 3 is 2.25 bits per heavy atom. The third-order valence-corrected chi connectivity index (χ3v) is 3.14. The number of aryl methyl sites for hydroxylation is 3. The molecule has 0 aliphatic rings. The molecule has 2 aromatic heterocycles. The van der Waals surface area contributed by atoms with Gasteiger partial charge in [0.05, 0.1) is 5.92 Å². The fourth-order valence-corrected chi connectivity index (χ4v) is 2.17. The van der Waals surface area contributed by atoms with E-state index in [1.54, 1.807) is 40.0 Å². The number of rotatable bonds is 3. The average molecular weight is 272 g/mol. The van der Waals surface area contributed by atoms with Crippen molar-refractivity contribution in [1.82, 2.24) is 19.9 Å². The number of hydrogen-bond acceptors (Lipinski definition) is 5. The Labute approximate surface area is 117 Å². The third kappa shape index (κ3) is 2.64. The summed E-state index contributed by atoms with van der Waals surface area (Å²) in [5.74, 6) is -0.377. The first kappa shape index (κ1) is 14.0. The molecule has 6 nitrogen and oxygen atoms in total. The number of aromatic nitrogens is 4. The number of hydrogen-bond donors (Lipinski definition) is 1. The Hall–Kier alpha value is -2.37. The molecule has 104 valence electrons. The lowest BCUT2D eigenvalue weighted by atomic mass is 9.98. The summed E-state index contributed by atoms with van der Waals surface area (Å²) in [7, 11) is 0. The third-order valence-electron chi connectivity index (χ3n) is 3.14. The first-order valence-electron chi connectivity index (χ1n) is 6.28. The molecule has 0 amide bonds. The molecule has 0 saturated carbocycles. The average Bonchev–Trinajstić information content (AvgIpc) is 2.37. The second-order valence-electron chi connectivity index (χ2n) is 4.68. The lowest BCUT2D eigenvalue weighted by molar-refractivity contribution is -0.138. The van der Waals surface area contributed by atoms with Crippen molar-refractivity contribution in [3.63, 3.8) is 0 Å². The van der Waals surface area contributed by atoms with E-state index >= 15 is 0 Å². The molecule has 2 aromatic rings. The quantitative estimate of drug-likeness (QED) is 0.919. The largest absolute Gasteiger partial charge is 0.481 e. The highest BCUT2D eigenvalue weighted by Crippen LogP contribution is 2.24. The molecule has 0 spiro atoms. The van der Waals surface area contributed by atoms with Gasteiger partial charge in [-0.05, 0) is 33.8 Å². The molecule has 2 heterocycles. The van der Waals surface area contributed by atoms with E-state index in [0.29, 0.717) is 34.3 Å². The van der Waals surface area contributed by atoms with Gasteiger partial charge in [0.1, 0.15) is 11.5 Å². The lowest BCUT2D eigenvalue weighted by Crippen LogP contribution is -2.13. The molecule has 0 saturated heterocycles. The van der Waals surface area contributed by atoms with Crippen molar-refractivity contribution in [2.75, 3.05) is 0 Å². The summed E-state index contributed by atoms with van der Waals surface area (Å²) in [5.41, 5.74) is 2.63. The predicted molar refractivity (Wildman–Crippen MR) is 73.3 cm³/mol. The van der Waals surface area contributed by atoms with Crippen LogP contribution in [0.25, 0.3) is 11.5 Å². The molecule has 0 bridgehead atoms. The predicted octanol–water partition coefficient (Wildman–Crippen LogP) is 2.05. The molecule has 0 aliphatic carbocycles. The van der Waals surface area contributed by atoms with Gasteiger partial charge < -0.3 is 5.11 Å². The normalized spacial score (nSPS) is 12.2. The van der Waals surface area contributed by atoms with Crippen molar-refractivity contribution in [2.45, 2.75) is 33.6 Å². The van der Waals surface area contributed by atoms with Crippen LogP contribution in [0.5, 0.6) is 0 Å². The van der Waals surface area contributed by atoms with E-state index in [0.717, 1.165) is 0 Å². The van der Waals surface area contributed by atoms with Crippen LogP contribution >= 0.6 is 0 Å². The highest BCUT2D eigenvalue weighted by Gasteiger charge is 2.21. The maximum absolute atomic E-state index is 11.1. The molecule has 6 heteroatoms. The van der Waals surface area contributed by atoms with Crippen LogP contribution in [0.15, 0.2) is 12.3 Å². The summed E-state index contributed by atoms with van der Waals surface area (Å²) in [6.45, 7) is 7.02. The fourth-order valence-electron chi connectivity index (χ4n) is 2.17. The van der Waals surface area contributed by atoms with E-state index in [1.807, 2.05) is 0 Å². The van der Waals surface area contributed by atoms with Crippen molar-refractivity contribution in [2.24, 2.45) is 0 Å². The summed E-state index contributed by atoms with van der Waals surface area (Å²) in [6.07, 6.45) is 1.65. The highest BCUT2D eigenvalue weighted by molar-refractivity contribution is 5.76. The van der Waals surface area contributed by atoms with Gasteiger partial charge in [-0.3, -0.25) is 4.79 Å². The standard InChI is InChI=1S/C14H16N4O2/c1-7(14(19)20)12-8(2)16-13(17-9(12)3)11-5-6-15-10(4)18-11/h5-7H,1-4H3,(H,19,20). The van der Waals surface area contributed by atoms with Gasteiger partial charge in [-0.1, -0.05) is 0 Å². The van der Waals surface area contributed by atoms with E-state index in [-0.39, 0.29) is 0 Å². The number of carboxylic acid groups (broad SMARTS) is 1. The first-order chi connectivity index (χ1) is 9.40. The molecular formula is C14H16N4O2. The fraction of sp³-hybridized carbons (Fsp3) is 0.357. The van der Waals surface area contributed by atoms with E-state index < -0.39 is 11.9 Å². The van der Waals surface area contributed by atoms with Crippen molar-refractivity contribution in [3.8, 4) is 11.5 Å². The summed E-state index contributed by atoms with van der Waals surface area (Å²) in [5, 5.41) is 9.13. The van der Waals surface area contributed by atoms with Gasteiger partial charge in [-0.15, -0.1) is 0 Å². The zero-order valence-electron chi connectivity index (χ0n) is 11.9. The molecule has 0 fully saturated rings. The van der Waals surface area contributed by atoms with Gasteiger partial charge in [0.25, 0.3) is 0 Å². The Kier molecular flexibility index (Phi) is 3.74. The van der Waals surface area contributed by atoms with Crippen LogP contribution < -0.4 is 0 Å². The van der Waals surface area contributed by atoms with Gasteiger partial charge in [0.2, 0.25) is 0 Å². The van der Waals surface area contributed by atoms with Gasteiger partial charge >= 0.3 is 5.97 Å². The van der Waals surface area contributed by atoms with E-state index in [9.17, 15) is 4.79 Å². The zero-order valence-corrected chi connectivity index (χ0v) is 11.9. The summed E-state index contributed by atoms with van der Waals surface area (Å²) >= 11 is 0. The van der Waals surface area contributed by atoms with Crippen molar-refractivity contribution in [3.05, 3.63) is 35.0 Å². The minimum Gasteiger partial charge on any atom is -0.481 e. The van der Waals surface area contributed by atoms with Crippen molar-refractivity contribution >= 4 is 5.97 Å². The molecule has 20 heavy (non-hydrogen) atoms. The minimum absolute atomic E-state index is 0.492. The molecule has 0 aliphatic heterocycles. The topological polar surface area (TPSA) is 88.9 Å². The number of carboxylic acids is 1. The molecule has 1 N–H and O–H groups in total. The SMILES string of the molecule is Cc1nccc(-c2nc(C)c(C(C)C(=O)O)c(C)n2)n1. The van der Waals surface area contributed by atoms with E-state index in [1.165, 1.54) is 0 Å². The summed E-state index contributed by atoms with van der Waals surface area (Å²) in [6, 6.07) is 1.74. The van der Waals surface area contributed by atoms with Crippen LogP contribution in [0.2, 0.25) is 0 Å². The Morgan fingerprint density at radius 1 is 1.15 bits per heavy atom. The molecule has 1 unspecified atom stereocenters. The lowest BCUT2D eigenvalue weighted by Gasteiger charge is -2.13. The first-order valence-corrected chi connectivity index (χ1v) is 6.28. The number of nitrogens with zero attached hydrogens (tertiary/aromatic N) is 4.